The summed E-state index contributed by atoms with van der Waals surface area (Å²) in [5.74, 6) is 0.310. The number of carbonyl (C=O) groups excluding carboxylic acids is 1. The molecule has 7 heteroatoms. The highest BCUT2D eigenvalue weighted by molar-refractivity contribution is 7.89. The number of sulfonamides is 1. The van der Waals surface area contributed by atoms with Gasteiger partial charge in [-0.1, -0.05) is 13.3 Å². The van der Waals surface area contributed by atoms with Crippen molar-refractivity contribution < 1.29 is 17.9 Å². The highest BCUT2D eigenvalue weighted by Crippen LogP contribution is 2.25. The van der Waals surface area contributed by atoms with Crippen LogP contribution in [0.15, 0.2) is 29.2 Å². The van der Waals surface area contributed by atoms with Gasteiger partial charge < -0.3 is 10.1 Å². The maximum Gasteiger partial charge on any atom is 0.243 e. The maximum absolute atomic E-state index is 12.9. The zero-order chi connectivity index (χ0) is 19.2. The Labute approximate surface area is 157 Å². The van der Waals surface area contributed by atoms with Crippen LogP contribution in [0.2, 0.25) is 0 Å². The quantitative estimate of drug-likeness (QED) is 0.750. The highest BCUT2D eigenvalue weighted by Gasteiger charge is 2.33. The largest absolute Gasteiger partial charge is 0.494 e. The second-order valence-electron chi connectivity index (χ2n) is 6.80. The van der Waals surface area contributed by atoms with Gasteiger partial charge in [-0.05, 0) is 57.4 Å². The van der Waals surface area contributed by atoms with Gasteiger partial charge in [0.05, 0.1) is 17.4 Å². The number of nitrogens with one attached hydrogen (secondary N) is 1. The van der Waals surface area contributed by atoms with Crippen molar-refractivity contribution >= 4 is 15.9 Å². The fourth-order valence-electron chi connectivity index (χ4n) is 3.26. The molecule has 0 unspecified atom stereocenters. The van der Waals surface area contributed by atoms with Crippen LogP contribution in [0.25, 0.3) is 0 Å². The number of carbonyl (C=O) groups is 1. The molecule has 1 saturated heterocycles. The van der Waals surface area contributed by atoms with Crippen molar-refractivity contribution in [1.82, 2.24) is 9.62 Å². The molecule has 0 spiro atoms. The summed E-state index contributed by atoms with van der Waals surface area (Å²) < 4.78 is 32.6. The second-order valence-corrected chi connectivity index (χ2v) is 8.74. The lowest BCUT2D eigenvalue weighted by Gasteiger charge is -2.31. The van der Waals surface area contributed by atoms with Crippen molar-refractivity contribution in [3.8, 4) is 5.75 Å². The zero-order valence-corrected chi connectivity index (χ0v) is 16.7. The molecule has 1 aliphatic heterocycles. The molecular weight excluding hydrogens is 352 g/mol. The van der Waals surface area contributed by atoms with E-state index in [2.05, 4.69) is 12.2 Å². The third kappa shape index (κ3) is 5.20. The van der Waals surface area contributed by atoms with Crippen molar-refractivity contribution in [2.75, 3.05) is 19.7 Å². The predicted molar refractivity (Wildman–Crippen MR) is 102 cm³/mol. The van der Waals surface area contributed by atoms with Gasteiger partial charge in [-0.2, -0.15) is 4.31 Å². The molecule has 0 bridgehead atoms. The normalized spacial score (nSPS) is 19.7. The van der Waals surface area contributed by atoms with Crippen molar-refractivity contribution in [2.45, 2.75) is 57.4 Å². The van der Waals surface area contributed by atoms with Gasteiger partial charge in [-0.3, -0.25) is 4.79 Å². The predicted octanol–water partition coefficient (Wildman–Crippen LogP) is 2.79. The number of benzene rings is 1. The molecule has 1 aliphatic rings. The summed E-state index contributed by atoms with van der Waals surface area (Å²) in [6, 6.07) is 6.57. The number of rotatable bonds is 8. The molecule has 0 radical (unpaired) electrons. The van der Waals surface area contributed by atoms with Crippen LogP contribution in [0.5, 0.6) is 5.75 Å². The third-order valence-corrected chi connectivity index (χ3v) is 6.52. The number of nitrogens with zero attached hydrogens (tertiary/aromatic N) is 1. The molecular formula is C19H30N2O4S. The number of hydrogen-bond acceptors (Lipinski definition) is 4. The minimum atomic E-state index is -3.60. The van der Waals surface area contributed by atoms with E-state index in [1.807, 2.05) is 13.8 Å². The Morgan fingerprint density at radius 2 is 2.00 bits per heavy atom. The van der Waals surface area contributed by atoms with Gasteiger partial charge in [-0.15, -0.1) is 0 Å². The van der Waals surface area contributed by atoms with Crippen LogP contribution >= 0.6 is 0 Å². The lowest BCUT2D eigenvalue weighted by atomic mass is 9.98. The first-order valence-electron chi connectivity index (χ1n) is 9.41. The van der Waals surface area contributed by atoms with Gasteiger partial charge in [0, 0.05) is 19.1 Å². The van der Waals surface area contributed by atoms with Gasteiger partial charge in [0.25, 0.3) is 0 Å². The van der Waals surface area contributed by atoms with Gasteiger partial charge in [0.15, 0.2) is 0 Å². The summed E-state index contributed by atoms with van der Waals surface area (Å²) in [7, 11) is -3.60. The Kier molecular flexibility index (Phi) is 7.46. The first-order valence-corrected chi connectivity index (χ1v) is 10.9. The Morgan fingerprint density at radius 3 is 2.62 bits per heavy atom. The third-order valence-electron chi connectivity index (χ3n) is 4.64. The fraction of sp³-hybridized carbons (Fsp3) is 0.632. The molecule has 146 valence electrons. The summed E-state index contributed by atoms with van der Waals surface area (Å²) in [5.41, 5.74) is 0. The van der Waals surface area contributed by atoms with E-state index in [0.717, 1.165) is 19.3 Å². The van der Waals surface area contributed by atoms with E-state index in [4.69, 9.17) is 4.74 Å². The molecule has 0 saturated carbocycles. The number of piperidine rings is 1. The van der Waals surface area contributed by atoms with Crippen LogP contribution < -0.4 is 10.1 Å². The monoisotopic (exact) mass is 382 g/mol. The minimum Gasteiger partial charge on any atom is -0.494 e. The first kappa shape index (κ1) is 20.7. The Bertz CT molecular complexity index is 688. The molecule has 1 N–H and O–H groups in total. The minimum absolute atomic E-state index is 0.0439. The summed E-state index contributed by atoms with van der Waals surface area (Å²) in [5, 5.41) is 3.01. The summed E-state index contributed by atoms with van der Waals surface area (Å²) in [6.07, 6.45) is 3.34. The van der Waals surface area contributed by atoms with Gasteiger partial charge in [0.1, 0.15) is 5.75 Å². The van der Waals surface area contributed by atoms with E-state index >= 15 is 0 Å². The van der Waals surface area contributed by atoms with E-state index in [1.54, 1.807) is 24.3 Å². The van der Waals surface area contributed by atoms with Crippen LogP contribution in [-0.2, 0) is 14.8 Å². The molecule has 0 aliphatic carbocycles. The first-order chi connectivity index (χ1) is 12.4. The molecule has 6 nitrogen and oxygen atoms in total. The number of ether oxygens (including phenoxy) is 1. The van der Waals surface area contributed by atoms with Gasteiger partial charge in [-0.25, -0.2) is 8.42 Å². The smallest absolute Gasteiger partial charge is 0.243 e. The summed E-state index contributed by atoms with van der Waals surface area (Å²) in [6.45, 7) is 7.16. The van der Waals surface area contributed by atoms with E-state index in [9.17, 15) is 13.2 Å². The van der Waals surface area contributed by atoms with Crippen LogP contribution in [0.4, 0.5) is 0 Å². The van der Waals surface area contributed by atoms with Gasteiger partial charge in [0.2, 0.25) is 15.9 Å². The lowest BCUT2D eigenvalue weighted by molar-refractivity contribution is -0.126. The Balaban J connectivity index is 2.06. The molecule has 2 atom stereocenters. The molecule has 1 amide bonds. The molecule has 1 aromatic carbocycles. The molecule has 1 heterocycles. The topological polar surface area (TPSA) is 75.7 Å². The lowest BCUT2D eigenvalue weighted by Crippen LogP contribution is -2.47. The van der Waals surface area contributed by atoms with E-state index in [1.165, 1.54) is 4.31 Å². The SMILES string of the molecule is CCC[C@@H](C)NC(=O)[C@H]1CCCN(S(=O)(=O)c2ccc(OCC)cc2)C1. The van der Waals surface area contributed by atoms with E-state index in [-0.39, 0.29) is 29.3 Å². The summed E-state index contributed by atoms with van der Waals surface area (Å²) >= 11 is 0. The Hall–Kier alpha value is -1.60. The zero-order valence-electron chi connectivity index (χ0n) is 15.9. The second kappa shape index (κ2) is 9.37. The molecule has 1 fully saturated rings. The van der Waals surface area contributed by atoms with Crippen molar-refractivity contribution in [3.05, 3.63) is 24.3 Å². The summed E-state index contributed by atoms with van der Waals surface area (Å²) in [4.78, 5) is 12.7. The molecule has 26 heavy (non-hydrogen) atoms. The molecule has 0 aromatic heterocycles. The van der Waals surface area contributed by atoms with Crippen molar-refractivity contribution in [1.29, 1.82) is 0 Å². The van der Waals surface area contributed by atoms with E-state index in [0.29, 0.717) is 25.3 Å². The average Bonchev–Trinajstić information content (AvgIpc) is 2.63. The van der Waals surface area contributed by atoms with Gasteiger partial charge >= 0.3 is 0 Å². The standard InChI is InChI=1S/C19H30N2O4S/c1-4-7-15(3)20-19(22)16-8-6-13-21(14-16)26(23,24)18-11-9-17(10-12-18)25-5-2/h9-12,15-16H,4-8,13-14H2,1-3H3,(H,20,22)/t15-,16+/m1/s1. The highest BCUT2D eigenvalue weighted by atomic mass is 32.2. The molecule has 2 rings (SSSR count). The van der Waals surface area contributed by atoms with E-state index < -0.39 is 10.0 Å². The number of amides is 1. The average molecular weight is 383 g/mol. The fourth-order valence-corrected chi connectivity index (χ4v) is 4.79. The molecule has 1 aromatic rings. The maximum atomic E-state index is 12.9. The Morgan fingerprint density at radius 1 is 1.31 bits per heavy atom. The van der Waals surface area contributed by atoms with Crippen LogP contribution in [0, 0.1) is 5.92 Å². The van der Waals surface area contributed by atoms with Crippen LogP contribution in [-0.4, -0.2) is 44.4 Å². The van der Waals surface area contributed by atoms with Crippen molar-refractivity contribution in [2.24, 2.45) is 5.92 Å². The van der Waals surface area contributed by atoms with Crippen LogP contribution in [0.1, 0.15) is 46.5 Å². The van der Waals surface area contributed by atoms with Crippen molar-refractivity contribution in [3.63, 3.8) is 0 Å². The number of hydrogen-bond donors (Lipinski definition) is 1. The van der Waals surface area contributed by atoms with Crippen LogP contribution in [0.3, 0.4) is 0 Å².